The molecule has 0 saturated carbocycles. The Hall–Kier alpha value is -3.00. The van der Waals surface area contributed by atoms with E-state index in [1.165, 1.54) is 23.6 Å². The predicted octanol–water partition coefficient (Wildman–Crippen LogP) is 4.05. The summed E-state index contributed by atoms with van der Waals surface area (Å²) >= 11 is 1.10. The van der Waals surface area contributed by atoms with E-state index in [0.29, 0.717) is 16.1 Å². The Bertz CT molecular complexity index is 1160. The summed E-state index contributed by atoms with van der Waals surface area (Å²) in [5.74, 6) is -1.55. The number of carbonyl (C=O) groups is 2. The quantitative estimate of drug-likeness (QED) is 0.375. The van der Waals surface area contributed by atoms with E-state index in [2.05, 4.69) is 10.3 Å². The highest BCUT2D eigenvalue weighted by Crippen LogP contribution is 2.23. The van der Waals surface area contributed by atoms with Gasteiger partial charge < -0.3 is 5.32 Å². The summed E-state index contributed by atoms with van der Waals surface area (Å²) in [6.45, 7) is 5.05. The van der Waals surface area contributed by atoms with Crippen molar-refractivity contribution in [3.05, 3.63) is 64.2 Å². The summed E-state index contributed by atoms with van der Waals surface area (Å²) in [6, 6.07) is 10.8. The summed E-state index contributed by atoms with van der Waals surface area (Å²) in [4.78, 5) is 41.0. The highest BCUT2D eigenvalue weighted by Gasteiger charge is 2.18. The molecule has 0 aliphatic heterocycles. The fourth-order valence-electron chi connectivity index (χ4n) is 2.91. The van der Waals surface area contributed by atoms with E-state index in [0.717, 1.165) is 17.8 Å². The minimum absolute atomic E-state index is 0.0755. The van der Waals surface area contributed by atoms with Crippen LogP contribution >= 0.6 is 11.8 Å². The van der Waals surface area contributed by atoms with E-state index < -0.39 is 11.6 Å². The number of fused-ring (bicyclic) bond motifs is 1. The number of aromatic nitrogens is 2. The Morgan fingerprint density at radius 2 is 1.93 bits per heavy atom. The van der Waals surface area contributed by atoms with Crippen LogP contribution in [0, 0.1) is 5.82 Å². The minimum Gasteiger partial charge on any atom is -0.326 e. The number of carbonyl (C=O) groups excluding carboxylic acids is 2. The Kier molecular flexibility index (Phi) is 6.12. The molecule has 8 heteroatoms. The fourth-order valence-corrected chi connectivity index (χ4v) is 3.92. The number of ketones is 1. The lowest BCUT2D eigenvalue weighted by molar-refractivity contribution is -0.114. The summed E-state index contributed by atoms with van der Waals surface area (Å²) in [6.07, 6.45) is 0. The van der Waals surface area contributed by atoms with Crippen LogP contribution in [-0.2, 0) is 4.79 Å². The number of amides is 1. The lowest BCUT2D eigenvalue weighted by Gasteiger charge is -2.16. The van der Waals surface area contributed by atoms with Crippen molar-refractivity contribution in [2.45, 2.75) is 32.0 Å². The maximum Gasteiger partial charge on any atom is 0.262 e. The van der Waals surface area contributed by atoms with E-state index in [4.69, 9.17) is 0 Å². The van der Waals surface area contributed by atoms with Crippen LogP contribution in [-0.4, -0.2) is 27.0 Å². The van der Waals surface area contributed by atoms with Gasteiger partial charge in [0.2, 0.25) is 5.91 Å². The van der Waals surface area contributed by atoms with Crippen LogP contribution < -0.4 is 10.9 Å². The summed E-state index contributed by atoms with van der Waals surface area (Å²) < 4.78 is 15.8. The van der Waals surface area contributed by atoms with Gasteiger partial charge in [-0.15, -0.1) is 0 Å². The average molecular weight is 413 g/mol. The van der Waals surface area contributed by atoms with Gasteiger partial charge in [0.1, 0.15) is 5.82 Å². The standard InChI is InChI=1S/C21H20FN3O3S/c1-12(2)25-20(28)16-6-4-5-7-18(16)24-21(25)29-11-19(27)15-9-8-14(10-17(15)22)23-13(3)26/h4-10,12H,11H2,1-3H3,(H,23,26). The highest BCUT2D eigenvalue weighted by atomic mass is 32.2. The smallest absolute Gasteiger partial charge is 0.262 e. The number of para-hydroxylation sites is 1. The zero-order chi connectivity index (χ0) is 21.1. The van der Waals surface area contributed by atoms with Gasteiger partial charge in [0.25, 0.3) is 5.56 Å². The Balaban J connectivity index is 1.87. The first-order valence-electron chi connectivity index (χ1n) is 9.02. The van der Waals surface area contributed by atoms with Gasteiger partial charge >= 0.3 is 0 Å². The third kappa shape index (κ3) is 4.54. The minimum atomic E-state index is -0.713. The SMILES string of the molecule is CC(=O)Nc1ccc(C(=O)CSc2nc3ccccc3c(=O)n2C(C)C)c(F)c1. The molecule has 0 bridgehead atoms. The predicted molar refractivity (Wildman–Crippen MR) is 112 cm³/mol. The van der Waals surface area contributed by atoms with Gasteiger partial charge in [0, 0.05) is 18.7 Å². The van der Waals surface area contributed by atoms with E-state index in [1.54, 1.807) is 24.3 Å². The van der Waals surface area contributed by atoms with Crippen LogP contribution in [0.4, 0.5) is 10.1 Å². The molecule has 0 atom stereocenters. The molecule has 3 rings (SSSR count). The Labute approximate surface area is 171 Å². The molecule has 3 aromatic rings. The van der Waals surface area contributed by atoms with Crippen molar-refractivity contribution in [1.82, 2.24) is 9.55 Å². The molecule has 0 fully saturated rings. The zero-order valence-electron chi connectivity index (χ0n) is 16.2. The number of hydrogen-bond acceptors (Lipinski definition) is 5. The molecule has 1 aromatic heterocycles. The Morgan fingerprint density at radius 3 is 2.59 bits per heavy atom. The molecule has 0 aliphatic rings. The van der Waals surface area contributed by atoms with Crippen molar-refractivity contribution in [2.75, 3.05) is 11.1 Å². The molecule has 0 radical (unpaired) electrons. The number of benzene rings is 2. The zero-order valence-corrected chi connectivity index (χ0v) is 17.0. The van der Waals surface area contributed by atoms with Crippen LogP contribution in [0.3, 0.4) is 0 Å². The molecule has 2 aromatic carbocycles. The van der Waals surface area contributed by atoms with Crippen molar-refractivity contribution in [3.8, 4) is 0 Å². The van der Waals surface area contributed by atoms with Crippen LogP contribution in [0.2, 0.25) is 0 Å². The maximum atomic E-state index is 14.3. The maximum absolute atomic E-state index is 14.3. The fraction of sp³-hybridized carbons (Fsp3) is 0.238. The number of rotatable bonds is 6. The van der Waals surface area contributed by atoms with Gasteiger partial charge in [-0.1, -0.05) is 23.9 Å². The van der Waals surface area contributed by atoms with Crippen molar-refractivity contribution < 1.29 is 14.0 Å². The van der Waals surface area contributed by atoms with E-state index in [9.17, 15) is 18.8 Å². The molecule has 6 nitrogen and oxygen atoms in total. The van der Waals surface area contributed by atoms with E-state index in [-0.39, 0.29) is 34.5 Å². The number of hydrogen-bond donors (Lipinski definition) is 1. The second-order valence-electron chi connectivity index (χ2n) is 6.77. The van der Waals surface area contributed by atoms with Crippen LogP contribution in [0.25, 0.3) is 10.9 Å². The topological polar surface area (TPSA) is 81.1 Å². The molecule has 0 saturated heterocycles. The molecule has 0 spiro atoms. The first-order valence-corrected chi connectivity index (χ1v) is 10.0. The highest BCUT2D eigenvalue weighted by molar-refractivity contribution is 7.99. The van der Waals surface area contributed by atoms with Crippen molar-refractivity contribution in [3.63, 3.8) is 0 Å². The molecular weight excluding hydrogens is 393 g/mol. The van der Waals surface area contributed by atoms with Crippen molar-refractivity contribution in [1.29, 1.82) is 0 Å². The van der Waals surface area contributed by atoms with Gasteiger partial charge in [-0.2, -0.15) is 0 Å². The van der Waals surface area contributed by atoms with E-state index in [1.807, 2.05) is 13.8 Å². The molecule has 0 aliphatic carbocycles. The molecule has 150 valence electrons. The molecule has 1 heterocycles. The summed E-state index contributed by atoms with van der Waals surface area (Å²) in [5, 5.41) is 3.39. The van der Waals surface area contributed by atoms with E-state index >= 15 is 0 Å². The van der Waals surface area contributed by atoms with Gasteiger partial charge in [-0.3, -0.25) is 19.0 Å². The van der Waals surface area contributed by atoms with Crippen molar-refractivity contribution >= 4 is 40.0 Å². The molecule has 1 amide bonds. The molecule has 1 N–H and O–H groups in total. The average Bonchev–Trinajstić information content (AvgIpc) is 2.65. The van der Waals surface area contributed by atoms with Crippen molar-refractivity contribution in [2.24, 2.45) is 0 Å². The largest absolute Gasteiger partial charge is 0.326 e. The third-order valence-corrected chi connectivity index (χ3v) is 5.17. The van der Waals surface area contributed by atoms with Gasteiger partial charge in [0.05, 0.1) is 22.2 Å². The number of halogens is 1. The second kappa shape index (κ2) is 8.57. The number of Topliss-reactive ketones (excluding diaryl/α,β-unsaturated/α-hetero) is 1. The first-order chi connectivity index (χ1) is 13.8. The third-order valence-electron chi connectivity index (χ3n) is 4.21. The lowest BCUT2D eigenvalue weighted by Crippen LogP contribution is -2.25. The van der Waals surface area contributed by atoms with Gasteiger partial charge in [0.15, 0.2) is 10.9 Å². The first kappa shape index (κ1) is 20.7. The monoisotopic (exact) mass is 413 g/mol. The number of anilines is 1. The lowest BCUT2D eigenvalue weighted by atomic mass is 10.1. The summed E-state index contributed by atoms with van der Waals surface area (Å²) in [5.41, 5.74) is 0.580. The van der Waals surface area contributed by atoms with Gasteiger partial charge in [-0.05, 0) is 44.2 Å². The van der Waals surface area contributed by atoms with Crippen LogP contribution in [0.1, 0.15) is 37.2 Å². The van der Waals surface area contributed by atoms with Crippen LogP contribution in [0.15, 0.2) is 52.4 Å². The molecule has 0 unspecified atom stereocenters. The number of thioether (sulfide) groups is 1. The van der Waals surface area contributed by atoms with Gasteiger partial charge in [-0.25, -0.2) is 9.37 Å². The number of nitrogens with zero attached hydrogens (tertiary/aromatic N) is 2. The summed E-state index contributed by atoms with van der Waals surface area (Å²) in [7, 11) is 0. The second-order valence-corrected chi connectivity index (χ2v) is 7.71. The molecule has 29 heavy (non-hydrogen) atoms. The molecular formula is C21H20FN3O3S. The number of nitrogens with one attached hydrogen (secondary N) is 1. The Morgan fingerprint density at radius 1 is 1.21 bits per heavy atom. The van der Waals surface area contributed by atoms with Crippen LogP contribution in [0.5, 0.6) is 0 Å². The normalized spacial score (nSPS) is 11.1.